The highest BCUT2D eigenvalue weighted by Crippen LogP contribution is 2.38. The number of alkyl halides is 3. The molecule has 0 aliphatic carbocycles. The topological polar surface area (TPSA) is 67.1 Å². The van der Waals surface area contributed by atoms with Gasteiger partial charge in [0.2, 0.25) is 11.9 Å². The number of pyridine rings is 1. The van der Waals surface area contributed by atoms with E-state index in [9.17, 15) is 17.6 Å². The molecule has 0 saturated carbocycles. The number of nitrogens with one attached hydrogen (secondary N) is 2. The third-order valence-electron chi connectivity index (χ3n) is 5.16. The molecule has 160 valence electrons. The van der Waals surface area contributed by atoms with E-state index in [1.807, 2.05) is 0 Å². The smallest absolute Gasteiger partial charge is 0.350 e. The van der Waals surface area contributed by atoms with Crippen molar-refractivity contribution < 1.29 is 17.6 Å². The van der Waals surface area contributed by atoms with E-state index in [4.69, 9.17) is 0 Å². The SMILES string of the molecule is CC1(C)CC[C@H](Nc2ncc(C(F)(F)F)c(-c3c(F)nn4cc(Br)ccc34)n2)CN1. The predicted octanol–water partition coefficient (Wildman–Crippen LogP) is 4.65. The summed E-state index contributed by atoms with van der Waals surface area (Å²) >= 11 is 3.24. The first-order valence-corrected chi connectivity index (χ1v) is 10.1. The number of anilines is 1. The maximum Gasteiger partial charge on any atom is 0.420 e. The highest BCUT2D eigenvalue weighted by Gasteiger charge is 2.37. The summed E-state index contributed by atoms with van der Waals surface area (Å²) in [6.07, 6.45) is -0.910. The first-order valence-electron chi connectivity index (χ1n) is 9.33. The van der Waals surface area contributed by atoms with Gasteiger partial charge in [0.15, 0.2) is 0 Å². The van der Waals surface area contributed by atoms with Crippen LogP contribution in [0.3, 0.4) is 0 Å². The molecule has 0 unspecified atom stereocenters. The normalized spacial score (nSPS) is 19.2. The Morgan fingerprint density at radius 3 is 2.73 bits per heavy atom. The average molecular weight is 487 g/mol. The molecule has 1 aliphatic heterocycles. The molecule has 1 atom stereocenters. The minimum absolute atomic E-state index is 0.00115. The van der Waals surface area contributed by atoms with Crippen molar-refractivity contribution in [2.75, 3.05) is 11.9 Å². The predicted molar refractivity (Wildman–Crippen MR) is 108 cm³/mol. The highest BCUT2D eigenvalue weighted by atomic mass is 79.9. The number of fused-ring (bicyclic) bond motifs is 1. The molecular formula is C19H19BrF4N6. The Hall–Kier alpha value is -2.27. The molecule has 3 aromatic rings. The van der Waals surface area contributed by atoms with E-state index in [0.717, 1.165) is 12.8 Å². The van der Waals surface area contributed by atoms with Crippen LogP contribution in [0.2, 0.25) is 0 Å². The maximum atomic E-state index is 14.7. The molecule has 0 spiro atoms. The van der Waals surface area contributed by atoms with Crippen LogP contribution in [-0.4, -0.2) is 37.7 Å². The summed E-state index contributed by atoms with van der Waals surface area (Å²) in [6.45, 7) is 4.79. The van der Waals surface area contributed by atoms with Crippen LogP contribution in [0.25, 0.3) is 16.8 Å². The van der Waals surface area contributed by atoms with Gasteiger partial charge in [0.1, 0.15) is 5.56 Å². The van der Waals surface area contributed by atoms with E-state index >= 15 is 0 Å². The van der Waals surface area contributed by atoms with Crippen LogP contribution >= 0.6 is 15.9 Å². The number of aromatic nitrogens is 4. The molecule has 0 amide bonds. The fraction of sp³-hybridized carbons (Fsp3) is 0.421. The molecule has 11 heteroatoms. The Morgan fingerprint density at radius 2 is 2.07 bits per heavy atom. The number of hydrogen-bond acceptors (Lipinski definition) is 5. The van der Waals surface area contributed by atoms with E-state index in [-0.39, 0.29) is 28.6 Å². The van der Waals surface area contributed by atoms with Gasteiger partial charge in [-0.15, -0.1) is 5.10 Å². The standard InChI is InChI=1S/C19H19BrF4N6/c1-18(2)6-5-11(7-26-18)27-17-25-8-12(19(22,23)24)15(28-17)14-13-4-3-10(20)9-30(13)29-16(14)21/h3-4,8-9,11,26H,5-7H2,1-2H3,(H,25,27,28)/t11-/m0/s1. The zero-order chi connectivity index (χ0) is 21.7. The zero-order valence-corrected chi connectivity index (χ0v) is 17.8. The number of piperidine rings is 1. The molecule has 1 fully saturated rings. The van der Waals surface area contributed by atoms with Gasteiger partial charge in [-0.05, 0) is 54.8 Å². The second-order valence-corrected chi connectivity index (χ2v) is 8.86. The quantitative estimate of drug-likeness (QED) is 0.527. The van der Waals surface area contributed by atoms with Gasteiger partial charge in [0, 0.05) is 35.0 Å². The van der Waals surface area contributed by atoms with Crippen LogP contribution in [0.1, 0.15) is 32.3 Å². The van der Waals surface area contributed by atoms with Gasteiger partial charge in [-0.3, -0.25) is 0 Å². The fourth-order valence-corrected chi connectivity index (χ4v) is 3.82. The molecule has 4 heterocycles. The van der Waals surface area contributed by atoms with Crippen molar-refractivity contribution in [3.05, 3.63) is 40.5 Å². The van der Waals surface area contributed by atoms with Crippen molar-refractivity contribution in [2.24, 2.45) is 0 Å². The van der Waals surface area contributed by atoms with E-state index in [2.05, 4.69) is 55.5 Å². The number of halogens is 5. The second-order valence-electron chi connectivity index (χ2n) is 7.94. The first-order chi connectivity index (χ1) is 14.0. The largest absolute Gasteiger partial charge is 0.420 e. The number of rotatable bonds is 3. The van der Waals surface area contributed by atoms with Crippen molar-refractivity contribution in [3.8, 4) is 11.3 Å². The average Bonchev–Trinajstić information content (AvgIpc) is 2.97. The number of nitrogens with zero attached hydrogens (tertiary/aromatic N) is 4. The van der Waals surface area contributed by atoms with E-state index in [0.29, 0.717) is 17.2 Å². The lowest BCUT2D eigenvalue weighted by atomic mass is 9.91. The van der Waals surface area contributed by atoms with Gasteiger partial charge in [0.05, 0.1) is 16.8 Å². The number of hydrogen-bond donors (Lipinski definition) is 2. The van der Waals surface area contributed by atoms with E-state index < -0.39 is 23.4 Å². The summed E-state index contributed by atoms with van der Waals surface area (Å²) in [4.78, 5) is 7.91. The second kappa shape index (κ2) is 7.45. The lowest BCUT2D eigenvalue weighted by molar-refractivity contribution is -0.137. The monoisotopic (exact) mass is 486 g/mol. The van der Waals surface area contributed by atoms with Crippen LogP contribution in [-0.2, 0) is 6.18 Å². The maximum absolute atomic E-state index is 14.7. The van der Waals surface area contributed by atoms with Crippen LogP contribution in [0.4, 0.5) is 23.5 Å². The summed E-state index contributed by atoms with van der Waals surface area (Å²) in [5, 5.41) is 10.1. The summed E-state index contributed by atoms with van der Waals surface area (Å²) in [7, 11) is 0. The Bertz CT molecular complexity index is 1080. The molecule has 30 heavy (non-hydrogen) atoms. The van der Waals surface area contributed by atoms with Crippen LogP contribution in [0.5, 0.6) is 0 Å². The Labute approximate surface area is 178 Å². The fourth-order valence-electron chi connectivity index (χ4n) is 3.49. The lowest BCUT2D eigenvalue weighted by Crippen LogP contribution is -2.50. The summed E-state index contributed by atoms with van der Waals surface area (Å²) in [6, 6.07) is 3.04. The van der Waals surface area contributed by atoms with Gasteiger partial charge in [-0.25, -0.2) is 14.5 Å². The van der Waals surface area contributed by atoms with Gasteiger partial charge in [-0.1, -0.05) is 0 Å². The van der Waals surface area contributed by atoms with Gasteiger partial charge in [-0.2, -0.15) is 17.6 Å². The Morgan fingerprint density at radius 1 is 1.30 bits per heavy atom. The van der Waals surface area contributed by atoms with Crippen molar-refractivity contribution >= 4 is 27.4 Å². The minimum Gasteiger partial charge on any atom is -0.350 e. The molecule has 0 bridgehead atoms. The van der Waals surface area contributed by atoms with Crippen molar-refractivity contribution in [3.63, 3.8) is 0 Å². The van der Waals surface area contributed by atoms with Crippen LogP contribution < -0.4 is 10.6 Å². The third-order valence-corrected chi connectivity index (χ3v) is 5.63. The van der Waals surface area contributed by atoms with Gasteiger partial charge < -0.3 is 10.6 Å². The summed E-state index contributed by atoms with van der Waals surface area (Å²) in [5.41, 5.74) is -1.81. The highest BCUT2D eigenvalue weighted by molar-refractivity contribution is 9.10. The summed E-state index contributed by atoms with van der Waals surface area (Å²) in [5.74, 6) is -1.02. The van der Waals surface area contributed by atoms with Crippen LogP contribution in [0, 0.1) is 5.95 Å². The van der Waals surface area contributed by atoms with Crippen LogP contribution in [0.15, 0.2) is 29.0 Å². The van der Waals surface area contributed by atoms with Crippen molar-refractivity contribution in [1.82, 2.24) is 24.9 Å². The third kappa shape index (κ3) is 4.13. The molecule has 2 N–H and O–H groups in total. The minimum atomic E-state index is -4.75. The molecule has 3 aromatic heterocycles. The molecule has 1 aliphatic rings. The van der Waals surface area contributed by atoms with Gasteiger partial charge in [0.25, 0.3) is 0 Å². The van der Waals surface area contributed by atoms with Gasteiger partial charge >= 0.3 is 6.18 Å². The molecule has 1 saturated heterocycles. The van der Waals surface area contributed by atoms with E-state index in [1.165, 1.54) is 16.8 Å². The summed E-state index contributed by atoms with van der Waals surface area (Å²) < 4.78 is 57.4. The van der Waals surface area contributed by atoms with E-state index in [1.54, 1.807) is 6.07 Å². The van der Waals surface area contributed by atoms with Crippen molar-refractivity contribution in [1.29, 1.82) is 0 Å². The molecular weight excluding hydrogens is 468 g/mol. The first kappa shape index (κ1) is 21.0. The molecule has 4 rings (SSSR count). The zero-order valence-electron chi connectivity index (χ0n) is 16.2. The van der Waals surface area contributed by atoms with Crippen molar-refractivity contribution in [2.45, 2.75) is 44.4 Å². The molecule has 0 radical (unpaired) electrons. The Balaban J connectivity index is 1.77. The lowest BCUT2D eigenvalue weighted by Gasteiger charge is -2.36. The molecule has 6 nitrogen and oxygen atoms in total. The Kier molecular flexibility index (Phi) is 5.21. The molecule has 0 aromatic carbocycles.